The van der Waals surface area contributed by atoms with Crippen molar-refractivity contribution in [2.45, 2.75) is 18.8 Å². The third kappa shape index (κ3) is 4.34. The van der Waals surface area contributed by atoms with Crippen LogP contribution in [0.3, 0.4) is 0 Å². The Balaban J connectivity index is 2.06. The second-order valence-electron chi connectivity index (χ2n) is 4.94. The lowest BCUT2D eigenvalue weighted by Crippen LogP contribution is -2.17. The summed E-state index contributed by atoms with van der Waals surface area (Å²) < 4.78 is 1.03. The van der Waals surface area contributed by atoms with Crippen LogP contribution in [0.1, 0.15) is 23.5 Å². The number of halogens is 2. The zero-order chi connectivity index (χ0) is 14.4. The van der Waals surface area contributed by atoms with Gasteiger partial charge in [-0.3, -0.25) is 0 Å². The molecule has 0 aliphatic carbocycles. The Labute approximate surface area is 134 Å². The SMILES string of the molecule is CNCC(CCc1ccc(Br)cc1Cl)c1ccccc1. The van der Waals surface area contributed by atoms with Gasteiger partial charge in [0.05, 0.1) is 0 Å². The molecule has 0 amide bonds. The number of benzene rings is 2. The molecule has 0 aromatic heterocycles. The van der Waals surface area contributed by atoms with Gasteiger partial charge >= 0.3 is 0 Å². The molecule has 2 aromatic carbocycles. The van der Waals surface area contributed by atoms with Gasteiger partial charge in [0.2, 0.25) is 0 Å². The molecule has 1 nitrogen and oxygen atoms in total. The molecular weight excluding hydrogens is 334 g/mol. The summed E-state index contributed by atoms with van der Waals surface area (Å²) in [5, 5.41) is 4.13. The molecule has 0 radical (unpaired) electrons. The minimum Gasteiger partial charge on any atom is -0.319 e. The Hall–Kier alpha value is -0.830. The maximum absolute atomic E-state index is 6.29. The fourth-order valence-corrected chi connectivity index (χ4v) is 3.18. The normalized spacial score (nSPS) is 12.3. The number of aryl methyl sites for hydroxylation is 1. The fourth-order valence-electron chi connectivity index (χ4n) is 2.41. The van der Waals surface area contributed by atoms with Gasteiger partial charge < -0.3 is 5.32 Å². The summed E-state index contributed by atoms with van der Waals surface area (Å²) in [6.07, 6.45) is 2.08. The summed E-state index contributed by atoms with van der Waals surface area (Å²) >= 11 is 9.73. The molecule has 0 saturated carbocycles. The van der Waals surface area contributed by atoms with Crippen LogP contribution >= 0.6 is 27.5 Å². The van der Waals surface area contributed by atoms with Crippen LogP contribution in [0, 0.1) is 0 Å². The molecule has 0 aliphatic heterocycles. The van der Waals surface area contributed by atoms with Crippen LogP contribution in [-0.4, -0.2) is 13.6 Å². The highest BCUT2D eigenvalue weighted by molar-refractivity contribution is 9.10. The summed E-state index contributed by atoms with van der Waals surface area (Å²) in [5.41, 5.74) is 2.60. The summed E-state index contributed by atoms with van der Waals surface area (Å²) in [4.78, 5) is 0. The largest absolute Gasteiger partial charge is 0.319 e. The minimum absolute atomic E-state index is 0.515. The highest BCUT2D eigenvalue weighted by Gasteiger charge is 2.11. The van der Waals surface area contributed by atoms with E-state index in [0.717, 1.165) is 28.9 Å². The lowest BCUT2D eigenvalue weighted by atomic mass is 9.92. The molecule has 2 aromatic rings. The lowest BCUT2D eigenvalue weighted by Gasteiger charge is -2.17. The zero-order valence-electron chi connectivity index (χ0n) is 11.6. The molecule has 0 bridgehead atoms. The van der Waals surface area contributed by atoms with E-state index in [0.29, 0.717) is 5.92 Å². The van der Waals surface area contributed by atoms with Crippen LogP contribution in [0.5, 0.6) is 0 Å². The molecule has 1 atom stereocenters. The van der Waals surface area contributed by atoms with Crippen molar-refractivity contribution >= 4 is 27.5 Å². The van der Waals surface area contributed by atoms with Crippen molar-refractivity contribution in [3.63, 3.8) is 0 Å². The Kier molecular flexibility index (Phi) is 6.08. The maximum Gasteiger partial charge on any atom is 0.0449 e. The number of hydrogen-bond acceptors (Lipinski definition) is 1. The predicted octanol–water partition coefficient (Wildman–Crippen LogP) is 5.04. The molecule has 0 aliphatic rings. The predicted molar refractivity (Wildman–Crippen MR) is 90.6 cm³/mol. The van der Waals surface area contributed by atoms with Gasteiger partial charge in [-0.15, -0.1) is 0 Å². The van der Waals surface area contributed by atoms with Gasteiger partial charge in [0.25, 0.3) is 0 Å². The second-order valence-corrected chi connectivity index (χ2v) is 6.26. The van der Waals surface area contributed by atoms with Gasteiger partial charge in [0, 0.05) is 16.0 Å². The highest BCUT2D eigenvalue weighted by Crippen LogP contribution is 2.26. The van der Waals surface area contributed by atoms with E-state index < -0.39 is 0 Å². The lowest BCUT2D eigenvalue weighted by molar-refractivity contribution is 0.584. The first-order valence-electron chi connectivity index (χ1n) is 6.84. The minimum atomic E-state index is 0.515. The first-order valence-corrected chi connectivity index (χ1v) is 8.01. The standard InChI is InChI=1S/C17H19BrClN/c1-20-12-15(13-5-3-2-4-6-13)8-7-14-9-10-16(18)11-17(14)19/h2-6,9-11,15,20H,7-8,12H2,1H3. The molecule has 1 unspecified atom stereocenters. The quantitative estimate of drug-likeness (QED) is 0.768. The average molecular weight is 353 g/mol. The van der Waals surface area contributed by atoms with Crippen LogP contribution in [0.15, 0.2) is 53.0 Å². The van der Waals surface area contributed by atoms with Crippen LogP contribution in [0.2, 0.25) is 5.02 Å². The van der Waals surface area contributed by atoms with Gasteiger partial charge in [-0.1, -0.05) is 63.9 Å². The van der Waals surface area contributed by atoms with Crippen molar-refractivity contribution in [3.05, 3.63) is 69.2 Å². The van der Waals surface area contributed by atoms with Crippen molar-refractivity contribution < 1.29 is 0 Å². The number of hydrogen-bond donors (Lipinski definition) is 1. The van der Waals surface area contributed by atoms with Crippen molar-refractivity contribution in [2.24, 2.45) is 0 Å². The van der Waals surface area contributed by atoms with E-state index in [1.807, 2.05) is 13.1 Å². The number of likely N-dealkylation sites (N-methyl/N-ethyl adjacent to an activating group) is 1. The fraction of sp³-hybridized carbons (Fsp3) is 0.294. The van der Waals surface area contributed by atoms with Gasteiger partial charge in [-0.25, -0.2) is 0 Å². The molecule has 20 heavy (non-hydrogen) atoms. The highest BCUT2D eigenvalue weighted by atomic mass is 79.9. The molecule has 0 spiro atoms. The maximum atomic E-state index is 6.29. The average Bonchev–Trinajstić information content (AvgIpc) is 2.46. The summed E-state index contributed by atoms with van der Waals surface area (Å²) in [7, 11) is 2.00. The smallest absolute Gasteiger partial charge is 0.0449 e. The van der Waals surface area contributed by atoms with Gasteiger partial charge in [-0.2, -0.15) is 0 Å². The number of nitrogens with one attached hydrogen (secondary N) is 1. The molecule has 0 heterocycles. The first kappa shape index (κ1) is 15.6. The molecular formula is C17H19BrClN. The molecule has 0 saturated heterocycles. The number of rotatable bonds is 6. The molecule has 3 heteroatoms. The van der Waals surface area contributed by atoms with Gasteiger partial charge in [0.15, 0.2) is 0 Å². The monoisotopic (exact) mass is 351 g/mol. The van der Waals surface area contributed by atoms with Crippen molar-refractivity contribution in [1.29, 1.82) is 0 Å². The van der Waals surface area contributed by atoms with E-state index in [1.54, 1.807) is 0 Å². The summed E-state index contributed by atoms with van der Waals surface area (Å²) in [6.45, 7) is 0.984. The van der Waals surface area contributed by atoms with Crippen molar-refractivity contribution in [2.75, 3.05) is 13.6 Å². The Morgan fingerprint density at radius 2 is 1.90 bits per heavy atom. The zero-order valence-corrected chi connectivity index (χ0v) is 13.9. The third-order valence-electron chi connectivity index (χ3n) is 3.50. The van der Waals surface area contributed by atoms with Crippen molar-refractivity contribution in [1.82, 2.24) is 5.32 Å². The molecule has 0 fully saturated rings. The van der Waals surface area contributed by atoms with Crippen molar-refractivity contribution in [3.8, 4) is 0 Å². The van der Waals surface area contributed by atoms with Crippen LogP contribution in [0.25, 0.3) is 0 Å². The Bertz CT molecular complexity index is 542. The summed E-state index contributed by atoms with van der Waals surface area (Å²) in [6, 6.07) is 16.8. The van der Waals surface area contributed by atoms with Crippen LogP contribution < -0.4 is 5.32 Å². The Morgan fingerprint density at radius 3 is 2.55 bits per heavy atom. The molecule has 2 rings (SSSR count). The molecule has 1 N–H and O–H groups in total. The Morgan fingerprint density at radius 1 is 1.15 bits per heavy atom. The first-order chi connectivity index (χ1) is 9.70. The second kappa shape index (κ2) is 7.82. The van der Waals surface area contributed by atoms with E-state index in [-0.39, 0.29) is 0 Å². The van der Waals surface area contributed by atoms with E-state index in [2.05, 4.69) is 63.7 Å². The van der Waals surface area contributed by atoms with E-state index >= 15 is 0 Å². The third-order valence-corrected chi connectivity index (χ3v) is 4.34. The topological polar surface area (TPSA) is 12.0 Å². The van der Waals surface area contributed by atoms with Crippen LogP contribution in [-0.2, 0) is 6.42 Å². The van der Waals surface area contributed by atoms with Crippen LogP contribution in [0.4, 0.5) is 0 Å². The van der Waals surface area contributed by atoms with Gasteiger partial charge in [0.1, 0.15) is 0 Å². The molecule has 106 valence electrons. The van der Waals surface area contributed by atoms with E-state index in [1.165, 1.54) is 11.1 Å². The van der Waals surface area contributed by atoms with E-state index in [9.17, 15) is 0 Å². The van der Waals surface area contributed by atoms with Gasteiger partial charge in [-0.05, 0) is 49.1 Å². The van der Waals surface area contributed by atoms with E-state index in [4.69, 9.17) is 11.6 Å². The summed E-state index contributed by atoms with van der Waals surface area (Å²) in [5.74, 6) is 0.515.